The number of hydrogen-bond donors (Lipinski definition) is 1. The van der Waals surface area contributed by atoms with Crippen molar-refractivity contribution in [2.75, 3.05) is 18.0 Å². The van der Waals surface area contributed by atoms with E-state index in [4.69, 9.17) is 21.6 Å². The van der Waals surface area contributed by atoms with Gasteiger partial charge >= 0.3 is 0 Å². The zero-order valence-electron chi connectivity index (χ0n) is 16.0. The van der Waals surface area contributed by atoms with Gasteiger partial charge in [0.05, 0.1) is 5.39 Å². The van der Waals surface area contributed by atoms with Crippen LogP contribution in [-0.2, 0) is 0 Å². The number of piperidine rings is 1. The fraction of sp³-hybridized carbons (Fsp3) is 0.364. The number of aromatic amines is 1. The molecule has 2 fully saturated rings. The summed E-state index contributed by atoms with van der Waals surface area (Å²) in [4.78, 5) is 24.5. The quantitative estimate of drug-likeness (QED) is 0.481. The Bertz CT molecular complexity index is 1220. The number of anilines is 1. The molecule has 1 saturated heterocycles. The van der Waals surface area contributed by atoms with Crippen molar-refractivity contribution in [1.82, 2.24) is 24.9 Å². The third kappa shape index (κ3) is 2.85. The van der Waals surface area contributed by atoms with Crippen molar-refractivity contribution in [2.24, 2.45) is 0 Å². The molecule has 0 radical (unpaired) electrons. The average Bonchev–Trinajstić information content (AvgIpc) is 3.49. The normalized spacial score (nSPS) is 17.3. The molecule has 0 unspecified atom stereocenters. The molecule has 5 heterocycles. The van der Waals surface area contributed by atoms with Crippen LogP contribution in [0.4, 0.5) is 5.82 Å². The first kappa shape index (κ1) is 17.2. The van der Waals surface area contributed by atoms with Crippen LogP contribution in [-0.4, -0.2) is 38.0 Å². The van der Waals surface area contributed by atoms with Gasteiger partial charge in [-0.1, -0.05) is 11.6 Å². The van der Waals surface area contributed by atoms with Crippen LogP contribution in [0, 0.1) is 0 Å². The fourth-order valence-corrected chi connectivity index (χ4v) is 4.62. The number of pyridine rings is 2. The Labute approximate surface area is 173 Å². The third-order valence-corrected chi connectivity index (χ3v) is 6.34. The van der Waals surface area contributed by atoms with Gasteiger partial charge in [-0.15, -0.1) is 0 Å². The van der Waals surface area contributed by atoms with E-state index in [-0.39, 0.29) is 0 Å². The second-order valence-corrected chi connectivity index (χ2v) is 8.38. The van der Waals surface area contributed by atoms with E-state index in [9.17, 15) is 0 Å². The van der Waals surface area contributed by atoms with Crippen LogP contribution in [0.25, 0.3) is 33.3 Å². The van der Waals surface area contributed by atoms with E-state index in [1.54, 1.807) is 6.20 Å². The Morgan fingerprint density at radius 2 is 1.90 bits per heavy atom. The van der Waals surface area contributed by atoms with E-state index in [2.05, 4.69) is 19.9 Å². The van der Waals surface area contributed by atoms with E-state index in [1.807, 2.05) is 24.5 Å². The summed E-state index contributed by atoms with van der Waals surface area (Å²) in [6.45, 7) is 2.04. The number of rotatable bonds is 3. The molecule has 4 aromatic rings. The molecule has 0 atom stereocenters. The predicted molar refractivity (Wildman–Crippen MR) is 115 cm³/mol. The van der Waals surface area contributed by atoms with Crippen molar-refractivity contribution in [2.45, 2.75) is 38.0 Å². The maximum atomic E-state index is 6.58. The minimum atomic E-state index is 0.450. The number of nitrogens with zero attached hydrogens (tertiary/aromatic N) is 5. The molecule has 0 spiro atoms. The van der Waals surface area contributed by atoms with Crippen LogP contribution in [0.15, 0.2) is 30.7 Å². The highest BCUT2D eigenvalue weighted by Gasteiger charge is 2.30. The van der Waals surface area contributed by atoms with Gasteiger partial charge in [0.1, 0.15) is 17.0 Å². The van der Waals surface area contributed by atoms with Crippen LogP contribution in [0.5, 0.6) is 0 Å². The van der Waals surface area contributed by atoms with Crippen molar-refractivity contribution in [3.63, 3.8) is 0 Å². The van der Waals surface area contributed by atoms with Crippen LogP contribution in [0.1, 0.15) is 43.6 Å². The summed E-state index contributed by atoms with van der Waals surface area (Å²) in [5.74, 6) is 2.25. The van der Waals surface area contributed by atoms with Crippen molar-refractivity contribution < 1.29 is 0 Å². The summed E-state index contributed by atoms with van der Waals surface area (Å²) in [5, 5.41) is 2.56. The first-order valence-corrected chi connectivity index (χ1v) is 10.7. The second-order valence-electron chi connectivity index (χ2n) is 8.02. The molecule has 0 amide bonds. The van der Waals surface area contributed by atoms with Gasteiger partial charge in [0, 0.05) is 42.6 Å². The standard InChI is InChI=1S/C22H21ClN6/c23-19-18-17(16(12-26-19)13-4-5-13)22(29-10-2-1-3-11-29)28-21(27-18)15-7-9-25-20-14(15)6-8-24-20/h6-9,12-13H,1-5,10-11H2,(H,24,25). The third-order valence-electron chi connectivity index (χ3n) is 6.06. The average molecular weight is 405 g/mol. The summed E-state index contributed by atoms with van der Waals surface area (Å²) < 4.78 is 0. The Balaban J connectivity index is 1.65. The first-order chi connectivity index (χ1) is 14.3. The fourth-order valence-electron chi connectivity index (χ4n) is 4.43. The lowest BCUT2D eigenvalue weighted by Gasteiger charge is -2.29. The summed E-state index contributed by atoms with van der Waals surface area (Å²) in [6, 6.07) is 4.00. The zero-order chi connectivity index (χ0) is 19.4. The van der Waals surface area contributed by atoms with Crippen LogP contribution < -0.4 is 4.90 Å². The van der Waals surface area contributed by atoms with Gasteiger partial charge < -0.3 is 9.88 Å². The highest BCUT2D eigenvalue weighted by molar-refractivity contribution is 6.34. The number of aromatic nitrogens is 5. The monoisotopic (exact) mass is 404 g/mol. The lowest BCUT2D eigenvalue weighted by atomic mass is 10.0. The number of halogens is 1. The van der Waals surface area contributed by atoms with Gasteiger partial charge in [-0.05, 0) is 55.7 Å². The molecule has 146 valence electrons. The van der Waals surface area contributed by atoms with Crippen LogP contribution >= 0.6 is 11.6 Å². The lowest BCUT2D eigenvalue weighted by Crippen LogP contribution is -2.30. The zero-order valence-corrected chi connectivity index (χ0v) is 16.8. The minimum Gasteiger partial charge on any atom is -0.356 e. The van der Waals surface area contributed by atoms with E-state index < -0.39 is 0 Å². The molecule has 1 aliphatic heterocycles. The molecule has 1 aliphatic carbocycles. The first-order valence-electron chi connectivity index (χ1n) is 10.3. The summed E-state index contributed by atoms with van der Waals surface area (Å²) in [6.07, 6.45) is 11.7. The van der Waals surface area contributed by atoms with Crippen molar-refractivity contribution >= 4 is 39.4 Å². The Kier molecular flexibility index (Phi) is 3.94. The van der Waals surface area contributed by atoms with E-state index >= 15 is 0 Å². The van der Waals surface area contributed by atoms with Gasteiger partial charge in [0.25, 0.3) is 0 Å². The molecular weight excluding hydrogens is 384 g/mol. The summed E-state index contributed by atoms with van der Waals surface area (Å²) >= 11 is 6.58. The molecule has 2 aliphatic rings. The van der Waals surface area contributed by atoms with Gasteiger partial charge in [-0.3, -0.25) is 0 Å². The highest BCUT2D eigenvalue weighted by atomic mass is 35.5. The molecule has 7 heteroatoms. The molecule has 4 aromatic heterocycles. The van der Waals surface area contributed by atoms with Gasteiger partial charge in [-0.2, -0.15) is 0 Å². The SMILES string of the molecule is Clc1ncc(C2CC2)c2c(N3CCCCC3)nc(-c3ccnc4[nH]ccc34)nc12. The molecule has 29 heavy (non-hydrogen) atoms. The number of H-pyrrole nitrogens is 1. The van der Waals surface area contributed by atoms with Gasteiger partial charge in [-0.25, -0.2) is 19.9 Å². The number of fused-ring (bicyclic) bond motifs is 2. The number of hydrogen-bond acceptors (Lipinski definition) is 5. The van der Waals surface area contributed by atoms with Crippen molar-refractivity contribution in [3.05, 3.63) is 41.4 Å². The van der Waals surface area contributed by atoms with E-state index in [0.29, 0.717) is 16.9 Å². The highest BCUT2D eigenvalue weighted by Crippen LogP contribution is 2.46. The Hall–Kier alpha value is -2.73. The predicted octanol–water partition coefficient (Wildman–Crippen LogP) is 5.09. The summed E-state index contributed by atoms with van der Waals surface area (Å²) in [7, 11) is 0. The largest absolute Gasteiger partial charge is 0.356 e. The van der Waals surface area contributed by atoms with E-state index in [0.717, 1.165) is 46.4 Å². The maximum Gasteiger partial charge on any atom is 0.163 e. The second kappa shape index (κ2) is 6.66. The topological polar surface area (TPSA) is 70.6 Å². The minimum absolute atomic E-state index is 0.450. The maximum absolute atomic E-state index is 6.58. The van der Waals surface area contributed by atoms with Crippen LogP contribution in [0.2, 0.25) is 5.15 Å². The molecule has 6 rings (SSSR count). The van der Waals surface area contributed by atoms with E-state index in [1.165, 1.54) is 37.7 Å². The number of nitrogens with one attached hydrogen (secondary N) is 1. The van der Waals surface area contributed by atoms with Crippen LogP contribution in [0.3, 0.4) is 0 Å². The van der Waals surface area contributed by atoms with Gasteiger partial charge in [0.2, 0.25) is 0 Å². The molecule has 1 saturated carbocycles. The molecule has 0 bridgehead atoms. The van der Waals surface area contributed by atoms with Crippen molar-refractivity contribution in [1.29, 1.82) is 0 Å². The van der Waals surface area contributed by atoms with Gasteiger partial charge in [0.15, 0.2) is 11.0 Å². The Morgan fingerprint density at radius 3 is 2.72 bits per heavy atom. The van der Waals surface area contributed by atoms with Crippen molar-refractivity contribution in [3.8, 4) is 11.4 Å². The Morgan fingerprint density at radius 1 is 1.03 bits per heavy atom. The molecule has 6 nitrogen and oxygen atoms in total. The smallest absolute Gasteiger partial charge is 0.163 e. The molecular formula is C22H21ClN6. The molecule has 0 aromatic carbocycles. The summed E-state index contributed by atoms with van der Waals surface area (Å²) in [5.41, 5.74) is 3.81. The molecule has 1 N–H and O–H groups in total. The lowest BCUT2D eigenvalue weighted by molar-refractivity contribution is 0.574.